The molecule has 3 nitrogen and oxygen atoms in total. The molecule has 0 bridgehead atoms. The van der Waals surface area contributed by atoms with Gasteiger partial charge in [0.05, 0.1) is 5.69 Å². The monoisotopic (exact) mass is 243 g/mol. The molecule has 0 fully saturated rings. The van der Waals surface area contributed by atoms with Crippen molar-refractivity contribution < 1.29 is 0 Å². The fourth-order valence-corrected chi connectivity index (χ4v) is 2.17. The Balaban J connectivity index is 1.90. The molecule has 96 valence electrons. The van der Waals surface area contributed by atoms with Crippen LogP contribution in [0.4, 0.5) is 0 Å². The van der Waals surface area contributed by atoms with E-state index < -0.39 is 0 Å². The molecule has 2 aromatic rings. The normalized spacial score (nSPS) is 14.4. The van der Waals surface area contributed by atoms with Crippen LogP contribution in [0.5, 0.6) is 0 Å². The van der Waals surface area contributed by atoms with Gasteiger partial charge in [0.2, 0.25) is 0 Å². The van der Waals surface area contributed by atoms with E-state index in [2.05, 4.69) is 60.7 Å². The molecule has 0 saturated carbocycles. The lowest BCUT2D eigenvalue weighted by Crippen LogP contribution is -2.25. The van der Waals surface area contributed by atoms with Crippen LogP contribution in [-0.2, 0) is 7.05 Å². The summed E-state index contributed by atoms with van der Waals surface area (Å²) in [5.41, 5.74) is 2.59. The van der Waals surface area contributed by atoms with Gasteiger partial charge in [-0.2, -0.15) is 5.10 Å². The molecule has 0 saturated heterocycles. The summed E-state index contributed by atoms with van der Waals surface area (Å²) < 4.78 is 1.92. The largest absolute Gasteiger partial charge is 0.308 e. The summed E-state index contributed by atoms with van der Waals surface area (Å²) in [5.74, 6) is 0.516. The Kier molecular flexibility index (Phi) is 4.15. The van der Waals surface area contributed by atoms with Crippen molar-refractivity contribution in [3.05, 3.63) is 53.9 Å². The topological polar surface area (TPSA) is 29.9 Å². The Morgan fingerprint density at radius 1 is 1.17 bits per heavy atom. The molecule has 0 spiro atoms. The molecule has 2 atom stereocenters. The van der Waals surface area contributed by atoms with E-state index in [1.54, 1.807) is 0 Å². The van der Waals surface area contributed by atoms with Gasteiger partial charge in [-0.15, -0.1) is 0 Å². The van der Waals surface area contributed by atoms with E-state index in [-0.39, 0.29) is 0 Å². The summed E-state index contributed by atoms with van der Waals surface area (Å²) >= 11 is 0. The highest BCUT2D eigenvalue weighted by Gasteiger charge is 2.11. The number of nitrogens with one attached hydrogen (secondary N) is 1. The number of aromatic nitrogens is 2. The van der Waals surface area contributed by atoms with Crippen LogP contribution >= 0.6 is 0 Å². The van der Waals surface area contributed by atoms with Crippen LogP contribution in [0.2, 0.25) is 0 Å². The first-order chi connectivity index (χ1) is 8.68. The Hall–Kier alpha value is -1.61. The second-order valence-corrected chi connectivity index (χ2v) is 4.82. The van der Waals surface area contributed by atoms with Gasteiger partial charge < -0.3 is 5.32 Å². The second-order valence-electron chi connectivity index (χ2n) is 4.82. The van der Waals surface area contributed by atoms with Gasteiger partial charge in [-0.3, -0.25) is 4.68 Å². The van der Waals surface area contributed by atoms with Crippen LogP contribution in [0.3, 0.4) is 0 Å². The van der Waals surface area contributed by atoms with E-state index >= 15 is 0 Å². The first-order valence-electron chi connectivity index (χ1n) is 6.44. The molecule has 18 heavy (non-hydrogen) atoms. The van der Waals surface area contributed by atoms with Crippen molar-refractivity contribution in [2.24, 2.45) is 7.05 Å². The minimum atomic E-state index is 0.323. The molecule has 1 N–H and O–H groups in total. The predicted octanol–water partition coefficient (Wildman–Crippen LogP) is 2.87. The van der Waals surface area contributed by atoms with E-state index in [0.717, 1.165) is 6.54 Å². The molecule has 0 amide bonds. The number of nitrogens with zero attached hydrogens (tertiary/aromatic N) is 2. The van der Waals surface area contributed by atoms with Gasteiger partial charge >= 0.3 is 0 Å². The highest BCUT2D eigenvalue weighted by atomic mass is 15.3. The van der Waals surface area contributed by atoms with Crippen LogP contribution in [0.25, 0.3) is 0 Å². The van der Waals surface area contributed by atoms with Crippen LogP contribution in [0.1, 0.15) is 37.1 Å². The van der Waals surface area contributed by atoms with Gasteiger partial charge in [-0.05, 0) is 24.5 Å². The molecule has 1 aromatic carbocycles. The average Bonchev–Trinajstić information content (AvgIpc) is 2.83. The van der Waals surface area contributed by atoms with Crippen molar-refractivity contribution >= 4 is 0 Å². The highest BCUT2D eigenvalue weighted by Crippen LogP contribution is 2.16. The lowest BCUT2D eigenvalue weighted by atomic mass is 10.0. The van der Waals surface area contributed by atoms with Crippen LogP contribution in [0, 0.1) is 0 Å². The number of hydrogen-bond acceptors (Lipinski definition) is 2. The van der Waals surface area contributed by atoms with Crippen LogP contribution in [-0.4, -0.2) is 16.3 Å². The van der Waals surface area contributed by atoms with E-state index in [1.165, 1.54) is 11.3 Å². The Bertz CT molecular complexity index is 475. The standard InChI is InChI=1S/C15H21N3/c1-12(14-7-5-4-6-8-14)11-16-13(2)15-9-10-17-18(15)3/h4-10,12-13,16H,11H2,1-3H3. The Morgan fingerprint density at radius 3 is 2.50 bits per heavy atom. The van der Waals surface area contributed by atoms with Gasteiger partial charge in [0, 0.05) is 25.8 Å². The van der Waals surface area contributed by atoms with Crippen molar-refractivity contribution in [2.75, 3.05) is 6.54 Å². The summed E-state index contributed by atoms with van der Waals surface area (Å²) in [6.45, 7) is 5.39. The molecular weight excluding hydrogens is 222 g/mol. The van der Waals surface area contributed by atoms with E-state index in [1.807, 2.05) is 17.9 Å². The van der Waals surface area contributed by atoms with Crippen LogP contribution in [0.15, 0.2) is 42.6 Å². The minimum Gasteiger partial charge on any atom is -0.308 e. The highest BCUT2D eigenvalue weighted by molar-refractivity contribution is 5.19. The maximum Gasteiger partial charge on any atom is 0.0547 e. The summed E-state index contributed by atoms with van der Waals surface area (Å²) in [6.07, 6.45) is 1.84. The van der Waals surface area contributed by atoms with Gasteiger partial charge in [0.25, 0.3) is 0 Å². The number of benzene rings is 1. The van der Waals surface area contributed by atoms with Crippen molar-refractivity contribution in [3.63, 3.8) is 0 Å². The Morgan fingerprint density at radius 2 is 1.89 bits per heavy atom. The Labute approximate surface area is 109 Å². The molecule has 2 unspecified atom stereocenters. The lowest BCUT2D eigenvalue weighted by molar-refractivity contribution is 0.506. The molecule has 2 rings (SSSR count). The van der Waals surface area contributed by atoms with Gasteiger partial charge in [-0.1, -0.05) is 37.3 Å². The molecule has 1 heterocycles. The molecule has 0 aliphatic rings. The third kappa shape index (κ3) is 2.99. The first kappa shape index (κ1) is 12.8. The van der Waals surface area contributed by atoms with Crippen molar-refractivity contribution in [2.45, 2.75) is 25.8 Å². The van der Waals surface area contributed by atoms with Gasteiger partial charge in [0.15, 0.2) is 0 Å². The summed E-state index contributed by atoms with van der Waals surface area (Å²) in [6, 6.07) is 13.0. The third-order valence-corrected chi connectivity index (χ3v) is 3.40. The maximum absolute atomic E-state index is 4.20. The van der Waals surface area contributed by atoms with Crippen molar-refractivity contribution in [1.29, 1.82) is 0 Å². The zero-order valence-corrected chi connectivity index (χ0v) is 11.3. The zero-order chi connectivity index (χ0) is 13.0. The second kappa shape index (κ2) is 5.83. The van der Waals surface area contributed by atoms with Gasteiger partial charge in [-0.25, -0.2) is 0 Å². The SMILES string of the molecule is CC(CNC(C)c1ccnn1C)c1ccccc1. The quantitative estimate of drug-likeness (QED) is 0.875. The number of hydrogen-bond donors (Lipinski definition) is 1. The van der Waals surface area contributed by atoms with Crippen molar-refractivity contribution in [1.82, 2.24) is 15.1 Å². The molecule has 1 aromatic heterocycles. The minimum absolute atomic E-state index is 0.323. The molecule has 3 heteroatoms. The summed E-state index contributed by atoms with van der Waals surface area (Å²) in [4.78, 5) is 0. The summed E-state index contributed by atoms with van der Waals surface area (Å²) in [5, 5.41) is 7.76. The van der Waals surface area contributed by atoms with Crippen molar-refractivity contribution in [3.8, 4) is 0 Å². The average molecular weight is 243 g/mol. The molecule has 0 radical (unpaired) electrons. The van der Waals surface area contributed by atoms with E-state index in [9.17, 15) is 0 Å². The maximum atomic E-state index is 4.20. The summed E-state index contributed by atoms with van der Waals surface area (Å²) in [7, 11) is 1.98. The van der Waals surface area contributed by atoms with E-state index in [0.29, 0.717) is 12.0 Å². The fourth-order valence-electron chi connectivity index (χ4n) is 2.17. The zero-order valence-electron chi connectivity index (χ0n) is 11.3. The first-order valence-corrected chi connectivity index (χ1v) is 6.44. The molecule has 0 aliphatic heterocycles. The predicted molar refractivity (Wildman–Crippen MR) is 74.5 cm³/mol. The van der Waals surface area contributed by atoms with E-state index in [4.69, 9.17) is 0 Å². The van der Waals surface area contributed by atoms with Crippen LogP contribution < -0.4 is 5.32 Å². The number of rotatable bonds is 5. The molecule has 0 aliphatic carbocycles. The van der Waals surface area contributed by atoms with Gasteiger partial charge in [0.1, 0.15) is 0 Å². The third-order valence-electron chi connectivity index (χ3n) is 3.40. The lowest BCUT2D eigenvalue weighted by Gasteiger charge is -2.18. The number of aryl methyl sites for hydroxylation is 1. The fraction of sp³-hybridized carbons (Fsp3) is 0.400. The smallest absolute Gasteiger partial charge is 0.0547 e. The molecular formula is C15H21N3.